The first kappa shape index (κ1) is 13.4. The Labute approximate surface area is 127 Å². The first-order chi connectivity index (χ1) is 9.81. The number of anilines is 3. The summed E-state index contributed by atoms with van der Waals surface area (Å²) in [5.74, 6) is 1.66. The fraction of sp³-hybridized carbons (Fsp3) is 0.333. The van der Waals surface area contributed by atoms with E-state index in [-0.39, 0.29) is 0 Å². The van der Waals surface area contributed by atoms with Crippen LogP contribution in [0.2, 0.25) is 0 Å². The zero-order valence-corrected chi connectivity index (χ0v) is 12.8. The van der Waals surface area contributed by atoms with E-state index in [9.17, 15) is 0 Å². The summed E-state index contributed by atoms with van der Waals surface area (Å²) in [5.41, 5.74) is 0.990. The van der Waals surface area contributed by atoms with Crippen molar-refractivity contribution in [2.75, 3.05) is 23.3 Å². The molecule has 0 amide bonds. The van der Waals surface area contributed by atoms with Crippen LogP contribution in [0.5, 0.6) is 0 Å². The van der Waals surface area contributed by atoms with Crippen LogP contribution in [0.15, 0.2) is 41.0 Å². The van der Waals surface area contributed by atoms with Gasteiger partial charge >= 0.3 is 0 Å². The van der Waals surface area contributed by atoms with Crippen LogP contribution in [0, 0.1) is 0 Å². The molecule has 1 fully saturated rings. The smallest absolute Gasteiger partial charge is 0.229 e. The standard InChI is InChI=1S/C15H17BrN4/c16-12-4-6-13(7-5-12)18-15-17-9-8-14(19-15)20-10-2-1-3-11-20/h4-9H,1-3,10-11H2,(H,17,18,19). The van der Waals surface area contributed by atoms with Crippen molar-refractivity contribution in [1.29, 1.82) is 0 Å². The Morgan fingerprint density at radius 1 is 1.00 bits per heavy atom. The first-order valence-corrected chi connectivity index (χ1v) is 7.71. The predicted octanol–water partition coefficient (Wildman–Crippen LogP) is 3.97. The maximum atomic E-state index is 4.61. The molecule has 0 unspecified atom stereocenters. The van der Waals surface area contributed by atoms with Gasteiger partial charge in [0.2, 0.25) is 5.95 Å². The lowest BCUT2D eigenvalue weighted by Crippen LogP contribution is -2.30. The Balaban J connectivity index is 1.75. The fourth-order valence-corrected chi connectivity index (χ4v) is 2.64. The molecule has 104 valence electrons. The highest BCUT2D eigenvalue weighted by molar-refractivity contribution is 9.10. The van der Waals surface area contributed by atoms with Crippen LogP contribution in [0.4, 0.5) is 17.5 Å². The Kier molecular flexibility index (Phi) is 4.16. The van der Waals surface area contributed by atoms with Crippen LogP contribution in [0.1, 0.15) is 19.3 Å². The molecule has 4 nitrogen and oxygen atoms in total. The number of rotatable bonds is 3. The van der Waals surface area contributed by atoms with E-state index in [1.165, 1.54) is 19.3 Å². The lowest BCUT2D eigenvalue weighted by Gasteiger charge is -2.27. The second-order valence-electron chi connectivity index (χ2n) is 4.92. The summed E-state index contributed by atoms with van der Waals surface area (Å²) in [6.07, 6.45) is 5.64. The van der Waals surface area contributed by atoms with Gasteiger partial charge in [0.05, 0.1) is 0 Å². The molecule has 1 saturated heterocycles. The Morgan fingerprint density at radius 2 is 1.75 bits per heavy atom. The third kappa shape index (κ3) is 3.28. The van der Waals surface area contributed by atoms with Crippen molar-refractivity contribution < 1.29 is 0 Å². The summed E-state index contributed by atoms with van der Waals surface area (Å²) in [7, 11) is 0. The van der Waals surface area contributed by atoms with Crippen molar-refractivity contribution in [2.45, 2.75) is 19.3 Å². The number of hydrogen-bond donors (Lipinski definition) is 1. The minimum atomic E-state index is 0.649. The zero-order chi connectivity index (χ0) is 13.8. The summed E-state index contributed by atoms with van der Waals surface area (Å²) < 4.78 is 1.06. The molecule has 20 heavy (non-hydrogen) atoms. The van der Waals surface area contributed by atoms with Gasteiger partial charge in [-0.2, -0.15) is 4.98 Å². The number of aromatic nitrogens is 2. The molecule has 1 aliphatic heterocycles. The largest absolute Gasteiger partial charge is 0.356 e. The number of nitrogens with one attached hydrogen (secondary N) is 1. The molecule has 5 heteroatoms. The monoisotopic (exact) mass is 332 g/mol. The second-order valence-corrected chi connectivity index (χ2v) is 5.83. The third-order valence-electron chi connectivity index (χ3n) is 3.42. The predicted molar refractivity (Wildman–Crippen MR) is 85.5 cm³/mol. The highest BCUT2D eigenvalue weighted by atomic mass is 79.9. The molecule has 2 aromatic rings. The quantitative estimate of drug-likeness (QED) is 0.923. The maximum Gasteiger partial charge on any atom is 0.229 e. The molecule has 1 N–H and O–H groups in total. The van der Waals surface area contributed by atoms with Crippen molar-refractivity contribution in [3.63, 3.8) is 0 Å². The average molecular weight is 333 g/mol. The van der Waals surface area contributed by atoms with Crippen LogP contribution in [0.3, 0.4) is 0 Å². The van der Waals surface area contributed by atoms with Gasteiger partial charge in [-0.25, -0.2) is 4.98 Å². The molecule has 3 rings (SSSR count). The molecule has 1 aromatic carbocycles. The van der Waals surface area contributed by atoms with Gasteiger partial charge in [-0.05, 0) is 49.6 Å². The summed E-state index contributed by atoms with van der Waals surface area (Å²) in [6.45, 7) is 2.18. The summed E-state index contributed by atoms with van der Waals surface area (Å²) in [4.78, 5) is 11.2. The van der Waals surface area contributed by atoms with E-state index in [1.807, 2.05) is 36.5 Å². The summed E-state index contributed by atoms with van der Waals surface area (Å²) in [6, 6.07) is 9.98. The second kappa shape index (κ2) is 6.22. The van der Waals surface area contributed by atoms with E-state index < -0.39 is 0 Å². The van der Waals surface area contributed by atoms with Crippen LogP contribution in [0.25, 0.3) is 0 Å². The first-order valence-electron chi connectivity index (χ1n) is 6.92. The molecule has 0 radical (unpaired) electrons. The van der Waals surface area contributed by atoms with Crippen LogP contribution in [-0.4, -0.2) is 23.1 Å². The van der Waals surface area contributed by atoms with Crippen molar-refractivity contribution in [3.05, 3.63) is 41.0 Å². The average Bonchev–Trinajstić information content (AvgIpc) is 2.51. The van der Waals surface area contributed by atoms with Crippen LogP contribution in [-0.2, 0) is 0 Å². The molecule has 0 atom stereocenters. The van der Waals surface area contributed by atoms with Crippen molar-refractivity contribution in [3.8, 4) is 0 Å². The van der Waals surface area contributed by atoms with E-state index in [0.717, 1.165) is 29.1 Å². The van der Waals surface area contributed by atoms with Gasteiger partial charge in [0.15, 0.2) is 0 Å². The van der Waals surface area contributed by atoms with E-state index in [1.54, 1.807) is 0 Å². The Bertz CT molecular complexity index is 564. The highest BCUT2D eigenvalue weighted by Crippen LogP contribution is 2.20. The Morgan fingerprint density at radius 3 is 2.50 bits per heavy atom. The van der Waals surface area contributed by atoms with Gasteiger partial charge in [0.25, 0.3) is 0 Å². The number of piperidine rings is 1. The fourth-order valence-electron chi connectivity index (χ4n) is 2.37. The number of nitrogens with zero attached hydrogens (tertiary/aromatic N) is 3. The van der Waals surface area contributed by atoms with Crippen LogP contribution < -0.4 is 10.2 Å². The SMILES string of the molecule is Brc1ccc(Nc2nccc(N3CCCCC3)n2)cc1. The van der Waals surface area contributed by atoms with Crippen molar-refractivity contribution in [1.82, 2.24) is 9.97 Å². The lowest BCUT2D eigenvalue weighted by atomic mass is 10.1. The van der Waals surface area contributed by atoms with Gasteiger partial charge in [0, 0.05) is 29.4 Å². The Hall–Kier alpha value is -1.62. The van der Waals surface area contributed by atoms with E-state index >= 15 is 0 Å². The van der Waals surface area contributed by atoms with Gasteiger partial charge in [-0.15, -0.1) is 0 Å². The van der Waals surface area contributed by atoms with Gasteiger partial charge in [-0.3, -0.25) is 0 Å². The molecule has 0 aliphatic carbocycles. The topological polar surface area (TPSA) is 41.1 Å². The molecule has 1 aliphatic rings. The van der Waals surface area contributed by atoms with Gasteiger partial charge in [0.1, 0.15) is 5.82 Å². The van der Waals surface area contributed by atoms with Gasteiger partial charge < -0.3 is 10.2 Å². The maximum absolute atomic E-state index is 4.61. The number of halogens is 1. The molecule has 0 bridgehead atoms. The zero-order valence-electron chi connectivity index (χ0n) is 11.2. The van der Waals surface area contributed by atoms with E-state index in [4.69, 9.17) is 0 Å². The highest BCUT2D eigenvalue weighted by Gasteiger charge is 2.12. The van der Waals surface area contributed by atoms with E-state index in [2.05, 4.69) is 36.1 Å². The molecule has 1 aromatic heterocycles. The minimum absolute atomic E-state index is 0.649. The van der Waals surface area contributed by atoms with Gasteiger partial charge in [-0.1, -0.05) is 15.9 Å². The molecular weight excluding hydrogens is 316 g/mol. The van der Waals surface area contributed by atoms with Crippen molar-refractivity contribution >= 4 is 33.4 Å². The molecule has 0 spiro atoms. The molecular formula is C15H17BrN4. The summed E-state index contributed by atoms with van der Waals surface area (Å²) in [5, 5.41) is 3.24. The van der Waals surface area contributed by atoms with Crippen molar-refractivity contribution in [2.24, 2.45) is 0 Å². The van der Waals surface area contributed by atoms with E-state index in [0.29, 0.717) is 5.95 Å². The summed E-state index contributed by atoms with van der Waals surface area (Å²) >= 11 is 3.43. The molecule has 2 heterocycles. The minimum Gasteiger partial charge on any atom is -0.356 e. The normalized spacial score (nSPS) is 15.2. The molecule has 0 saturated carbocycles. The number of hydrogen-bond acceptors (Lipinski definition) is 4. The third-order valence-corrected chi connectivity index (χ3v) is 3.95. The lowest BCUT2D eigenvalue weighted by molar-refractivity contribution is 0.573. The number of benzene rings is 1. The van der Waals surface area contributed by atoms with Crippen LogP contribution >= 0.6 is 15.9 Å².